The average Bonchev–Trinajstić information content (AvgIpc) is 3.43. The van der Waals surface area contributed by atoms with Crippen molar-refractivity contribution in [2.24, 2.45) is 0 Å². The van der Waals surface area contributed by atoms with Crippen LogP contribution in [0.2, 0.25) is 0 Å². The Hall–Kier alpha value is -3.04. The van der Waals surface area contributed by atoms with Crippen molar-refractivity contribution in [2.75, 3.05) is 18.4 Å². The van der Waals surface area contributed by atoms with Gasteiger partial charge in [-0.1, -0.05) is 6.08 Å². The highest BCUT2D eigenvalue weighted by atomic mass is 32.1. The van der Waals surface area contributed by atoms with Gasteiger partial charge in [-0.25, -0.2) is 9.97 Å². The summed E-state index contributed by atoms with van der Waals surface area (Å²) in [5.41, 5.74) is 5.83. The van der Waals surface area contributed by atoms with Gasteiger partial charge >= 0.3 is 0 Å². The summed E-state index contributed by atoms with van der Waals surface area (Å²) in [5.74, 6) is 0.720. The molecule has 4 aromatic rings. The van der Waals surface area contributed by atoms with E-state index in [1.165, 1.54) is 17.1 Å². The predicted octanol–water partition coefficient (Wildman–Crippen LogP) is 3.00. The highest BCUT2D eigenvalue weighted by Crippen LogP contribution is 2.29. The van der Waals surface area contributed by atoms with Gasteiger partial charge in [0.25, 0.3) is 0 Å². The quantitative estimate of drug-likeness (QED) is 0.505. The smallest absolute Gasteiger partial charge is 0.181 e. The number of imidazole rings is 1. The van der Waals surface area contributed by atoms with Crippen LogP contribution >= 0.6 is 11.5 Å². The Kier molecular flexibility index (Phi) is 3.95. The van der Waals surface area contributed by atoms with E-state index in [1.54, 1.807) is 6.20 Å². The van der Waals surface area contributed by atoms with Crippen LogP contribution in [0.5, 0.6) is 0 Å². The van der Waals surface area contributed by atoms with Gasteiger partial charge in [0.05, 0.1) is 29.5 Å². The zero-order valence-corrected chi connectivity index (χ0v) is 15.5. The summed E-state index contributed by atoms with van der Waals surface area (Å²) in [5, 5.41) is 14.7. The van der Waals surface area contributed by atoms with Crippen molar-refractivity contribution in [3.63, 3.8) is 0 Å². The number of nitrogens with zero attached hydrogens (tertiary/aromatic N) is 5. The molecule has 0 fully saturated rings. The van der Waals surface area contributed by atoms with Crippen LogP contribution in [0.15, 0.2) is 36.9 Å². The maximum Gasteiger partial charge on any atom is 0.181 e. The minimum Gasteiger partial charge on any atom is -0.328 e. The Morgan fingerprint density at radius 3 is 3.00 bits per heavy atom. The van der Waals surface area contributed by atoms with Gasteiger partial charge in [0.1, 0.15) is 5.00 Å². The monoisotopic (exact) mass is 378 g/mol. The van der Waals surface area contributed by atoms with E-state index >= 15 is 0 Å². The lowest BCUT2D eigenvalue weighted by atomic mass is 10.1. The van der Waals surface area contributed by atoms with Gasteiger partial charge in [-0.3, -0.25) is 9.50 Å². The molecule has 136 valence electrons. The van der Waals surface area contributed by atoms with Crippen LogP contribution in [0.1, 0.15) is 17.8 Å². The lowest BCUT2D eigenvalue weighted by Gasteiger charge is -2.16. The van der Waals surface area contributed by atoms with Gasteiger partial charge in [0, 0.05) is 24.5 Å². The fourth-order valence-corrected chi connectivity index (χ4v) is 3.87. The Balaban J connectivity index is 1.68. The first-order valence-electron chi connectivity index (χ1n) is 8.75. The Labute approximate surface area is 159 Å². The van der Waals surface area contributed by atoms with Gasteiger partial charge in [-0.05, 0) is 43.1 Å². The molecule has 0 aliphatic carbocycles. The lowest BCUT2D eigenvalue weighted by molar-refractivity contribution is 0.737. The highest BCUT2D eigenvalue weighted by molar-refractivity contribution is 7.10. The van der Waals surface area contributed by atoms with Crippen LogP contribution in [0.25, 0.3) is 22.5 Å². The summed E-state index contributed by atoms with van der Waals surface area (Å²) in [7, 11) is 0. The Morgan fingerprint density at radius 2 is 2.26 bits per heavy atom. The number of nitrogens with one attached hydrogen (secondary N) is 3. The summed E-state index contributed by atoms with van der Waals surface area (Å²) >= 11 is 1.42. The second-order valence-corrected chi connectivity index (χ2v) is 7.26. The third kappa shape index (κ3) is 3.00. The summed E-state index contributed by atoms with van der Waals surface area (Å²) in [6.45, 7) is 3.79. The van der Waals surface area contributed by atoms with E-state index in [2.05, 4.69) is 40.7 Å². The van der Waals surface area contributed by atoms with Crippen LogP contribution in [0.4, 0.5) is 10.8 Å². The SMILES string of the molecule is Cc1cc(Nc2nc(C3=CCCNC3)cn3c(-c4cn[nH]c4)cnc23)sn1. The third-order valence-corrected chi connectivity index (χ3v) is 5.31. The van der Waals surface area contributed by atoms with Crippen LogP contribution in [-0.2, 0) is 0 Å². The molecule has 27 heavy (non-hydrogen) atoms. The van der Waals surface area contributed by atoms with E-state index in [4.69, 9.17) is 4.98 Å². The number of anilines is 2. The van der Waals surface area contributed by atoms with Gasteiger partial charge in [-0.15, -0.1) is 0 Å². The van der Waals surface area contributed by atoms with Gasteiger partial charge in [-0.2, -0.15) is 9.47 Å². The normalized spacial score (nSPS) is 14.5. The first-order chi connectivity index (χ1) is 13.3. The van der Waals surface area contributed by atoms with E-state index in [9.17, 15) is 0 Å². The van der Waals surface area contributed by atoms with Gasteiger partial charge < -0.3 is 10.6 Å². The number of rotatable bonds is 4. The minimum absolute atomic E-state index is 0.720. The van der Waals surface area contributed by atoms with Crippen molar-refractivity contribution < 1.29 is 0 Å². The molecule has 0 unspecified atom stereocenters. The maximum atomic E-state index is 4.88. The molecule has 1 aliphatic heterocycles. The molecule has 0 spiro atoms. The van der Waals surface area contributed by atoms with E-state index in [0.717, 1.165) is 58.6 Å². The zero-order valence-electron chi connectivity index (χ0n) is 14.7. The van der Waals surface area contributed by atoms with Crippen molar-refractivity contribution in [1.82, 2.24) is 34.3 Å². The van der Waals surface area contributed by atoms with Crippen LogP contribution < -0.4 is 10.6 Å². The Bertz CT molecular complexity index is 1120. The number of aryl methyl sites for hydroxylation is 1. The van der Waals surface area contributed by atoms with Crippen LogP contribution in [0.3, 0.4) is 0 Å². The number of fused-ring (bicyclic) bond motifs is 1. The molecule has 0 atom stereocenters. The fraction of sp³-hybridized carbons (Fsp3) is 0.222. The summed E-state index contributed by atoms with van der Waals surface area (Å²) in [4.78, 5) is 9.49. The minimum atomic E-state index is 0.720. The van der Waals surface area contributed by atoms with Crippen molar-refractivity contribution in [3.8, 4) is 11.3 Å². The molecule has 8 nitrogen and oxygen atoms in total. The molecular formula is C18H18N8S. The number of aromatic amines is 1. The summed E-state index contributed by atoms with van der Waals surface area (Å²) < 4.78 is 6.41. The number of hydrogen-bond donors (Lipinski definition) is 3. The van der Waals surface area contributed by atoms with Crippen molar-refractivity contribution in [3.05, 3.63) is 48.3 Å². The molecule has 0 radical (unpaired) electrons. The summed E-state index contributed by atoms with van der Waals surface area (Å²) in [6, 6.07) is 2.01. The van der Waals surface area contributed by atoms with Gasteiger partial charge in [0.15, 0.2) is 11.5 Å². The lowest BCUT2D eigenvalue weighted by Crippen LogP contribution is -2.22. The van der Waals surface area contributed by atoms with Crippen molar-refractivity contribution >= 4 is 33.6 Å². The Morgan fingerprint density at radius 1 is 1.30 bits per heavy atom. The topological polar surface area (TPSA) is 95.8 Å². The largest absolute Gasteiger partial charge is 0.328 e. The van der Waals surface area contributed by atoms with E-state index in [0.29, 0.717) is 0 Å². The van der Waals surface area contributed by atoms with Crippen LogP contribution in [0, 0.1) is 6.92 Å². The molecule has 5 rings (SSSR count). The van der Waals surface area contributed by atoms with E-state index < -0.39 is 0 Å². The third-order valence-electron chi connectivity index (χ3n) is 4.51. The van der Waals surface area contributed by atoms with Crippen molar-refractivity contribution in [2.45, 2.75) is 13.3 Å². The highest BCUT2D eigenvalue weighted by Gasteiger charge is 2.17. The molecule has 0 aromatic carbocycles. The standard InChI is InChI=1S/C18H18N8S/c1-11-5-16(27-25-11)24-17-18-20-9-15(13-7-21-22-8-13)26(18)10-14(23-17)12-3-2-4-19-6-12/h3,5,7-10,19H,2,4,6H2,1H3,(H,21,22)(H,23,24). The molecule has 1 aliphatic rings. The number of H-pyrrole nitrogens is 1. The predicted molar refractivity (Wildman–Crippen MR) is 106 cm³/mol. The van der Waals surface area contributed by atoms with Gasteiger partial charge in [0.2, 0.25) is 0 Å². The second-order valence-electron chi connectivity index (χ2n) is 6.45. The maximum absolute atomic E-state index is 4.88. The molecular weight excluding hydrogens is 360 g/mol. The first-order valence-corrected chi connectivity index (χ1v) is 9.53. The zero-order chi connectivity index (χ0) is 18.2. The van der Waals surface area contributed by atoms with E-state index in [1.807, 2.05) is 31.6 Å². The summed E-state index contributed by atoms with van der Waals surface area (Å²) in [6.07, 6.45) is 10.8. The van der Waals surface area contributed by atoms with E-state index in [-0.39, 0.29) is 0 Å². The molecule has 5 heterocycles. The first kappa shape index (κ1) is 16.2. The molecule has 4 aromatic heterocycles. The number of aromatic nitrogens is 6. The number of hydrogen-bond acceptors (Lipinski definition) is 7. The van der Waals surface area contributed by atoms with Crippen molar-refractivity contribution in [1.29, 1.82) is 0 Å². The second kappa shape index (κ2) is 6.60. The molecule has 3 N–H and O–H groups in total. The molecule has 9 heteroatoms. The average molecular weight is 378 g/mol. The molecule has 0 saturated heterocycles. The molecule has 0 saturated carbocycles. The van der Waals surface area contributed by atoms with Crippen LogP contribution in [-0.4, -0.2) is 42.0 Å². The molecule has 0 bridgehead atoms. The fourth-order valence-electron chi connectivity index (χ4n) is 3.21. The molecule has 0 amide bonds.